The van der Waals surface area contributed by atoms with E-state index < -0.39 is 0 Å². The van der Waals surface area contributed by atoms with Gasteiger partial charge in [-0.15, -0.1) is 0 Å². The van der Waals surface area contributed by atoms with Crippen molar-refractivity contribution in [3.63, 3.8) is 0 Å². The fraction of sp³-hybridized carbons (Fsp3) is 0.385. The van der Waals surface area contributed by atoms with E-state index in [0.717, 1.165) is 11.4 Å². The van der Waals surface area contributed by atoms with E-state index in [1.165, 1.54) is 0 Å². The zero-order valence-electron chi connectivity index (χ0n) is 10.6. The third kappa shape index (κ3) is 3.34. The minimum atomic E-state index is -0.198. The molecule has 0 aliphatic heterocycles. The highest BCUT2D eigenvalue weighted by Crippen LogP contribution is 2.14. The van der Waals surface area contributed by atoms with Gasteiger partial charge in [0.1, 0.15) is 5.65 Å². The van der Waals surface area contributed by atoms with Crippen LogP contribution in [0.25, 0.3) is 5.65 Å². The van der Waals surface area contributed by atoms with Gasteiger partial charge in [-0.2, -0.15) is 11.8 Å². The van der Waals surface area contributed by atoms with Gasteiger partial charge in [0.15, 0.2) is 0 Å². The maximum atomic E-state index is 11.8. The van der Waals surface area contributed by atoms with Crippen LogP contribution in [0.5, 0.6) is 0 Å². The highest BCUT2D eigenvalue weighted by atomic mass is 32.2. The predicted molar refractivity (Wildman–Crippen MR) is 75.9 cm³/mol. The summed E-state index contributed by atoms with van der Waals surface area (Å²) in [6, 6.07) is 7.12. The van der Waals surface area contributed by atoms with Gasteiger partial charge >= 0.3 is 0 Å². The molecule has 0 saturated carbocycles. The van der Waals surface area contributed by atoms with Crippen molar-refractivity contribution in [1.82, 2.24) is 9.38 Å². The molecule has 2 aromatic rings. The summed E-state index contributed by atoms with van der Waals surface area (Å²) < 4.78 is 1.54. The fourth-order valence-corrected chi connectivity index (χ4v) is 2.58. The number of thioether (sulfide) groups is 1. The van der Waals surface area contributed by atoms with Gasteiger partial charge in [-0.3, -0.25) is 9.20 Å². The lowest BCUT2D eigenvalue weighted by Crippen LogP contribution is -2.34. The van der Waals surface area contributed by atoms with E-state index in [1.807, 2.05) is 32.0 Å². The Bertz CT molecular complexity index is 601. The maximum Gasteiger partial charge on any atom is 0.258 e. The van der Waals surface area contributed by atoms with Gasteiger partial charge in [0.2, 0.25) is 0 Å². The number of fused-ring (bicyclic) bond motifs is 1. The number of pyridine rings is 1. The highest BCUT2D eigenvalue weighted by molar-refractivity contribution is 7.98. The zero-order valence-corrected chi connectivity index (χ0v) is 11.4. The van der Waals surface area contributed by atoms with Crippen LogP contribution in [0.15, 0.2) is 35.3 Å². The van der Waals surface area contributed by atoms with Crippen LogP contribution in [-0.4, -0.2) is 20.7 Å². The summed E-state index contributed by atoms with van der Waals surface area (Å²) >= 11 is 1.69. The molecule has 0 spiro atoms. The lowest BCUT2D eigenvalue weighted by Gasteiger charge is -2.17. The summed E-state index contributed by atoms with van der Waals surface area (Å²) in [7, 11) is 0. The van der Waals surface area contributed by atoms with Crippen molar-refractivity contribution in [3.8, 4) is 0 Å². The Hall–Kier alpha value is -1.33. The topological polar surface area (TPSA) is 60.4 Å². The van der Waals surface area contributed by atoms with Crippen molar-refractivity contribution in [2.45, 2.75) is 25.1 Å². The molecule has 0 atom stereocenters. The average molecular weight is 263 g/mol. The molecule has 0 aliphatic carbocycles. The molecule has 2 heterocycles. The molecule has 0 unspecified atom stereocenters. The van der Waals surface area contributed by atoms with Crippen LogP contribution in [0.3, 0.4) is 0 Å². The Morgan fingerprint density at radius 2 is 2.22 bits per heavy atom. The Morgan fingerprint density at radius 1 is 1.44 bits per heavy atom. The second-order valence-corrected chi connectivity index (χ2v) is 5.98. The zero-order chi connectivity index (χ0) is 13.2. The number of hydrogen-bond acceptors (Lipinski definition) is 4. The number of rotatable bonds is 4. The van der Waals surface area contributed by atoms with Crippen LogP contribution in [-0.2, 0) is 5.75 Å². The summed E-state index contributed by atoms with van der Waals surface area (Å²) in [4.78, 5) is 16.3. The van der Waals surface area contributed by atoms with Crippen molar-refractivity contribution in [2.75, 3.05) is 5.75 Å². The molecule has 0 bridgehead atoms. The fourth-order valence-electron chi connectivity index (χ4n) is 1.60. The third-order valence-electron chi connectivity index (χ3n) is 2.35. The second kappa shape index (κ2) is 5.12. The molecule has 2 N–H and O–H groups in total. The molecular formula is C13H17N3OS. The van der Waals surface area contributed by atoms with E-state index in [1.54, 1.807) is 28.4 Å². The van der Waals surface area contributed by atoms with Crippen LogP contribution in [0, 0.1) is 0 Å². The first kappa shape index (κ1) is 13.1. The Balaban J connectivity index is 2.17. The number of nitrogens with two attached hydrogens (primary N) is 1. The van der Waals surface area contributed by atoms with E-state index in [4.69, 9.17) is 5.73 Å². The minimum Gasteiger partial charge on any atom is -0.325 e. The molecule has 2 rings (SSSR count). The van der Waals surface area contributed by atoms with Crippen LogP contribution < -0.4 is 11.3 Å². The first-order chi connectivity index (χ1) is 8.46. The normalized spacial score (nSPS) is 11.9. The molecule has 0 fully saturated rings. The quantitative estimate of drug-likeness (QED) is 0.911. The van der Waals surface area contributed by atoms with Gasteiger partial charge in [-0.05, 0) is 26.0 Å². The largest absolute Gasteiger partial charge is 0.325 e. The number of nitrogens with zero attached hydrogens (tertiary/aromatic N) is 2. The minimum absolute atomic E-state index is 0.0387. The molecule has 0 aromatic carbocycles. The summed E-state index contributed by atoms with van der Waals surface area (Å²) in [5.41, 5.74) is 7.17. The molecule has 0 saturated heterocycles. The predicted octanol–water partition coefficient (Wildman–Crippen LogP) is 1.66. The summed E-state index contributed by atoms with van der Waals surface area (Å²) in [5, 5.41) is 0. The molecule has 18 heavy (non-hydrogen) atoms. The van der Waals surface area contributed by atoms with Crippen molar-refractivity contribution < 1.29 is 0 Å². The first-order valence-corrected chi connectivity index (χ1v) is 6.95. The van der Waals surface area contributed by atoms with Gasteiger partial charge in [0, 0.05) is 29.3 Å². The third-order valence-corrected chi connectivity index (χ3v) is 3.80. The monoisotopic (exact) mass is 263 g/mol. The Kier molecular flexibility index (Phi) is 3.73. The smallest absolute Gasteiger partial charge is 0.258 e. The van der Waals surface area contributed by atoms with Crippen molar-refractivity contribution >= 4 is 17.4 Å². The van der Waals surface area contributed by atoms with E-state index in [2.05, 4.69) is 4.98 Å². The van der Waals surface area contributed by atoms with E-state index in [0.29, 0.717) is 11.4 Å². The van der Waals surface area contributed by atoms with Gasteiger partial charge in [-0.25, -0.2) is 4.98 Å². The molecule has 0 amide bonds. The summed E-state index contributed by atoms with van der Waals surface area (Å²) in [6.45, 7) is 3.98. The van der Waals surface area contributed by atoms with Crippen molar-refractivity contribution in [3.05, 3.63) is 46.5 Å². The maximum absolute atomic E-state index is 11.8. The van der Waals surface area contributed by atoms with Gasteiger partial charge < -0.3 is 5.73 Å². The average Bonchev–Trinajstić information content (AvgIpc) is 2.27. The molecule has 0 radical (unpaired) electrons. The van der Waals surface area contributed by atoms with E-state index in [9.17, 15) is 4.79 Å². The number of aromatic nitrogens is 2. The molecule has 5 heteroatoms. The van der Waals surface area contributed by atoms with E-state index in [-0.39, 0.29) is 11.1 Å². The summed E-state index contributed by atoms with van der Waals surface area (Å²) in [5.74, 6) is 1.55. The second-order valence-electron chi connectivity index (χ2n) is 5.00. The molecule has 96 valence electrons. The lowest BCUT2D eigenvalue weighted by atomic mass is 10.1. The Labute approximate surface area is 110 Å². The highest BCUT2D eigenvalue weighted by Gasteiger charge is 2.10. The van der Waals surface area contributed by atoms with Crippen LogP contribution in [0.4, 0.5) is 0 Å². The number of hydrogen-bond donors (Lipinski definition) is 1. The van der Waals surface area contributed by atoms with Crippen LogP contribution in [0.1, 0.15) is 19.5 Å². The van der Waals surface area contributed by atoms with Crippen LogP contribution in [0.2, 0.25) is 0 Å². The SMILES string of the molecule is CC(C)(N)CSCc1cc(=O)n2ccccc2n1. The van der Waals surface area contributed by atoms with Gasteiger partial charge in [0.25, 0.3) is 5.56 Å². The molecule has 2 aromatic heterocycles. The Morgan fingerprint density at radius 3 is 2.94 bits per heavy atom. The lowest BCUT2D eigenvalue weighted by molar-refractivity contribution is 0.591. The summed E-state index contributed by atoms with van der Waals surface area (Å²) in [6.07, 6.45) is 1.73. The molecule has 0 aliphatic rings. The van der Waals surface area contributed by atoms with Crippen molar-refractivity contribution in [2.24, 2.45) is 5.73 Å². The first-order valence-electron chi connectivity index (χ1n) is 5.80. The molecular weight excluding hydrogens is 246 g/mol. The van der Waals surface area contributed by atoms with E-state index >= 15 is 0 Å². The van der Waals surface area contributed by atoms with Gasteiger partial charge in [0.05, 0.1) is 5.69 Å². The van der Waals surface area contributed by atoms with Crippen molar-refractivity contribution in [1.29, 1.82) is 0 Å². The van der Waals surface area contributed by atoms with Crippen LogP contribution >= 0.6 is 11.8 Å². The standard InChI is InChI=1S/C13H17N3OS/c1-13(2,14)9-18-8-10-7-12(17)16-6-4-3-5-11(16)15-10/h3-7H,8-9,14H2,1-2H3. The van der Waals surface area contributed by atoms with Gasteiger partial charge in [-0.1, -0.05) is 6.07 Å². The molecule has 4 nitrogen and oxygen atoms in total.